The van der Waals surface area contributed by atoms with Crippen LogP contribution < -0.4 is 15.0 Å². The van der Waals surface area contributed by atoms with Crippen LogP contribution in [0.15, 0.2) is 42.5 Å². The molecule has 8 heteroatoms. The van der Waals surface area contributed by atoms with Crippen LogP contribution in [0.4, 0.5) is 11.4 Å². The van der Waals surface area contributed by atoms with Crippen LogP contribution in [0.2, 0.25) is 5.02 Å². The fourth-order valence-electron chi connectivity index (χ4n) is 3.28. The van der Waals surface area contributed by atoms with Gasteiger partial charge in [-0.3, -0.25) is 14.4 Å². The first-order chi connectivity index (χ1) is 14.4. The molecule has 0 saturated carbocycles. The summed E-state index contributed by atoms with van der Waals surface area (Å²) in [6.45, 7) is 3.87. The lowest BCUT2D eigenvalue weighted by molar-refractivity contribution is -0.151. The first-order valence-corrected chi connectivity index (χ1v) is 10.0. The van der Waals surface area contributed by atoms with Crippen molar-refractivity contribution < 1.29 is 23.9 Å². The van der Waals surface area contributed by atoms with Crippen LogP contribution in [0.3, 0.4) is 0 Å². The fourth-order valence-corrected chi connectivity index (χ4v) is 3.45. The van der Waals surface area contributed by atoms with Gasteiger partial charge >= 0.3 is 5.97 Å². The van der Waals surface area contributed by atoms with E-state index in [9.17, 15) is 14.4 Å². The largest absolute Gasteiger partial charge is 0.492 e. The maximum atomic E-state index is 12.4. The zero-order chi connectivity index (χ0) is 21.7. The van der Waals surface area contributed by atoms with Gasteiger partial charge in [-0.25, -0.2) is 0 Å². The molecule has 158 valence electrons. The predicted octanol–water partition coefficient (Wildman–Crippen LogP) is 3.58. The smallest absolute Gasteiger partial charge is 0.311 e. The highest BCUT2D eigenvalue weighted by Gasteiger charge is 2.37. The van der Waals surface area contributed by atoms with Gasteiger partial charge in [0.25, 0.3) is 5.91 Å². The molecule has 1 aliphatic rings. The SMILES string of the molecule is CCOc1ccccc1NC(=O)COC(=O)[C@@H]1CC(=O)N(c2cccc(Cl)c2C)C1. The van der Waals surface area contributed by atoms with E-state index in [0.717, 1.165) is 5.56 Å². The maximum absolute atomic E-state index is 12.4. The number of para-hydroxylation sites is 2. The van der Waals surface area contributed by atoms with Crippen LogP contribution in [0.1, 0.15) is 18.9 Å². The van der Waals surface area contributed by atoms with Crippen LogP contribution in [0.25, 0.3) is 0 Å². The molecule has 1 N–H and O–H groups in total. The minimum absolute atomic E-state index is 0.0274. The number of hydrogen-bond donors (Lipinski definition) is 1. The number of carbonyl (C=O) groups is 3. The fraction of sp³-hybridized carbons (Fsp3) is 0.318. The van der Waals surface area contributed by atoms with Gasteiger partial charge in [-0.2, -0.15) is 0 Å². The summed E-state index contributed by atoms with van der Waals surface area (Å²) in [7, 11) is 0. The number of carbonyl (C=O) groups excluding carboxylic acids is 3. The molecule has 0 bridgehead atoms. The number of nitrogens with zero attached hydrogens (tertiary/aromatic N) is 1. The van der Waals surface area contributed by atoms with E-state index in [-0.39, 0.29) is 18.9 Å². The first-order valence-electron chi connectivity index (χ1n) is 9.64. The van der Waals surface area contributed by atoms with Crippen molar-refractivity contribution in [3.63, 3.8) is 0 Å². The van der Waals surface area contributed by atoms with Crippen molar-refractivity contribution in [3.05, 3.63) is 53.1 Å². The van der Waals surface area contributed by atoms with Crippen molar-refractivity contribution in [1.82, 2.24) is 0 Å². The zero-order valence-electron chi connectivity index (χ0n) is 16.8. The number of ether oxygens (including phenoxy) is 2. The second kappa shape index (κ2) is 9.63. The average Bonchev–Trinajstić information content (AvgIpc) is 3.11. The molecule has 3 rings (SSSR count). The van der Waals surface area contributed by atoms with E-state index in [2.05, 4.69) is 5.32 Å². The van der Waals surface area contributed by atoms with Gasteiger partial charge in [0.1, 0.15) is 5.75 Å². The maximum Gasteiger partial charge on any atom is 0.311 e. The Labute approximate surface area is 179 Å². The highest BCUT2D eigenvalue weighted by molar-refractivity contribution is 6.31. The van der Waals surface area contributed by atoms with Gasteiger partial charge in [-0.05, 0) is 43.7 Å². The molecule has 0 aromatic heterocycles. The van der Waals surface area contributed by atoms with Crippen molar-refractivity contribution in [2.24, 2.45) is 5.92 Å². The lowest BCUT2D eigenvalue weighted by Gasteiger charge is -2.19. The molecule has 30 heavy (non-hydrogen) atoms. The Kier molecular flexibility index (Phi) is 6.95. The van der Waals surface area contributed by atoms with Crippen molar-refractivity contribution in [1.29, 1.82) is 0 Å². The molecular weight excluding hydrogens is 408 g/mol. The van der Waals surface area contributed by atoms with E-state index in [1.54, 1.807) is 42.5 Å². The van der Waals surface area contributed by atoms with E-state index in [1.165, 1.54) is 4.90 Å². The normalized spacial score (nSPS) is 15.8. The highest BCUT2D eigenvalue weighted by Crippen LogP contribution is 2.31. The minimum atomic E-state index is -0.639. The molecule has 7 nitrogen and oxygen atoms in total. The highest BCUT2D eigenvalue weighted by atomic mass is 35.5. The zero-order valence-corrected chi connectivity index (χ0v) is 17.6. The molecule has 0 radical (unpaired) electrons. The van der Waals surface area contributed by atoms with Crippen LogP contribution in [-0.4, -0.2) is 37.5 Å². The molecule has 2 aromatic carbocycles. The molecule has 0 spiro atoms. The Hall–Kier alpha value is -3.06. The predicted molar refractivity (Wildman–Crippen MR) is 114 cm³/mol. The summed E-state index contributed by atoms with van der Waals surface area (Å²) in [5.41, 5.74) is 1.95. The summed E-state index contributed by atoms with van der Waals surface area (Å²) in [6, 6.07) is 12.3. The van der Waals surface area contributed by atoms with Gasteiger partial charge in [0, 0.05) is 23.7 Å². The molecule has 1 saturated heterocycles. The van der Waals surface area contributed by atoms with Crippen molar-refractivity contribution >= 4 is 40.8 Å². The third-order valence-electron chi connectivity index (χ3n) is 4.79. The number of halogens is 1. The monoisotopic (exact) mass is 430 g/mol. The molecule has 1 atom stereocenters. The Morgan fingerprint density at radius 1 is 1.20 bits per heavy atom. The second-order valence-corrected chi connectivity index (χ2v) is 7.28. The molecule has 2 aromatic rings. The minimum Gasteiger partial charge on any atom is -0.492 e. The van der Waals surface area contributed by atoms with Crippen LogP contribution in [0.5, 0.6) is 5.75 Å². The lowest BCUT2D eigenvalue weighted by Crippen LogP contribution is -2.28. The Morgan fingerprint density at radius 2 is 1.97 bits per heavy atom. The van der Waals surface area contributed by atoms with Crippen molar-refractivity contribution in [2.45, 2.75) is 20.3 Å². The molecule has 1 fully saturated rings. The van der Waals surface area contributed by atoms with Crippen molar-refractivity contribution in [2.75, 3.05) is 30.0 Å². The second-order valence-electron chi connectivity index (χ2n) is 6.87. The summed E-state index contributed by atoms with van der Waals surface area (Å²) < 4.78 is 10.6. The summed E-state index contributed by atoms with van der Waals surface area (Å²) in [5.74, 6) is -1.36. The quantitative estimate of drug-likeness (QED) is 0.678. The van der Waals surface area contributed by atoms with E-state index >= 15 is 0 Å². The number of nitrogens with one attached hydrogen (secondary N) is 1. The Morgan fingerprint density at radius 3 is 2.73 bits per heavy atom. The number of rotatable bonds is 7. The van der Waals surface area contributed by atoms with E-state index in [0.29, 0.717) is 28.8 Å². The van der Waals surface area contributed by atoms with Gasteiger partial charge in [0.05, 0.1) is 18.2 Å². The summed E-state index contributed by atoms with van der Waals surface area (Å²) in [4.78, 5) is 38.5. The summed E-state index contributed by atoms with van der Waals surface area (Å²) in [6.07, 6.45) is 0.0274. The molecule has 2 amide bonds. The van der Waals surface area contributed by atoms with E-state index in [1.807, 2.05) is 13.8 Å². The lowest BCUT2D eigenvalue weighted by atomic mass is 10.1. The molecule has 1 heterocycles. The van der Waals surface area contributed by atoms with E-state index in [4.69, 9.17) is 21.1 Å². The number of amides is 2. The Balaban J connectivity index is 1.56. The number of hydrogen-bond acceptors (Lipinski definition) is 5. The van der Waals surface area contributed by atoms with Crippen LogP contribution in [0, 0.1) is 12.8 Å². The van der Waals surface area contributed by atoms with Crippen molar-refractivity contribution in [3.8, 4) is 5.75 Å². The van der Waals surface area contributed by atoms with Gasteiger partial charge in [-0.15, -0.1) is 0 Å². The average molecular weight is 431 g/mol. The van der Waals surface area contributed by atoms with Gasteiger partial charge < -0.3 is 19.7 Å². The van der Waals surface area contributed by atoms with Gasteiger partial charge in [0.15, 0.2) is 6.61 Å². The summed E-state index contributed by atoms with van der Waals surface area (Å²) >= 11 is 6.14. The standard InChI is InChI=1S/C22H23ClN2O5/c1-3-29-19-10-5-4-8-17(19)24-20(26)13-30-22(28)15-11-21(27)25(12-15)18-9-6-7-16(23)14(18)2/h4-10,15H,3,11-13H2,1-2H3,(H,24,26)/t15-/m1/s1. The first kappa shape index (κ1) is 21.6. The van der Waals surface area contributed by atoms with Crippen LogP contribution >= 0.6 is 11.6 Å². The summed E-state index contributed by atoms with van der Waals surface area (Å²) in [5, 5.41) is 3.22. The topological polar surface area (TPSA) is 84.9 Å². The molecule has 0 aliphatic carbocycles. The van der Waals surface area contributed by atoms with E-state index < -0.39 is 24.4 Å². The van der Waals surface area contributed by atoms with Gasteiger partial charge in [0.2, 0.25) is 5.91 Å². The van der Waals surface area contributed by atoms with Gasteiger partial charge in [-0.1, -0.05) is 29.8 Å². The third-order valence-corrected chi connectivity index (χ3v) is 5.20. The number of anilines is 2. The third kappa shape index (κ3) is 4.91. The molecule has 0 unspecified atom stereocenters. The Bertz CT molecular complexity index is 962. The number of esters is 1. The molecule has 1 aliphatic heterocycles. The van der Waals surface area contributed by atoms with Crippen LogP contribution in [-0.2, 0) is 19.1 Å². The molecular formula is C22H23ClN2O5. The number of benzene rings is 2.